The van der Waals surface area contributed by atoms with Crippen LogP contribution in [0.3, 0.4) is 0 Å². The average Bonchev–Trinajstić information content (AvgIpc) is 2.97. The van der Waals surface area contributed by atoms with E-state index < -0.39 is 11.9 Å². The van der Waals surface area contributed by atoms with E-state index in [1.54, 1.807) is 24.3 Å². The third-order valence-corrected chi connectivity index (χ3v) is 2.73. The lowest BCUT2D eigenvalue weighted by Gasteiger charge is -1.96. The number of aromatic carboxylic acids is 1. The van der Waals surface area contributed by atoms with Gasteiger partial charge in [-0.3, -0.25) is 0 Å². The SMILES string of the molecule is O=C(O)c1ccc(C=C2OC(=O)c3ccccc32)o1. The van der Waals surface area contributed by atoms with Crippen molar-refractivity contribution in [3.63, 3.8) is 0 Å². The highest BCUT2D eigenvalue weighted by Crippen LogP contribution is 2.31. The molecule has 2 heterocycles. The Morgan fingerprint density at radius 1 is 1.11 bits per heavy atom. The molecule has 0 amide bonds. The molecule has 1 aromatic carbocycles. The van der Waals surface area contributed by atoms with Gasteiger partial charge in [-0.05, 0) is 18.2 Å². The molecule has 0 radical (unpaired) electrons. The summed E-state index contributed by atoms with van der Waals surface area (Å²) in [5.74, 6) is -1.06. The molecule has 0 bridgehead atoms. The molecule has 1 aliphatic rings. The predicted molar refractivity (Wildman–Crippen MR) is 65.4 cm³/mol. The van der Waals surface area contributed by atoms with Crippen molar-refractivity contribution in [1.82, 2.24) is 0 Å². The second-order valence-electron chi connectivity index (χ2n) is 3.95. The van der Waals surface area contributed by atoms with E-state index in [4.69, 9.17) is 14.3 Å². The Hall–Kier alpha value is -2.82. The van der Waals surface area contributed by atoms with E-state index in [1.165, 1.54) is 18.2 Å². The summed E-state index contributed by atoms with van der Waals surface area (Å²) in [6.45, 7) is 0. The molecule has 0 spiro atoms. The Balaban J connectivity index is 2.01. The average molecular weight is 256 g/mol. The minimum atomic E-state index is -1.14. The molecule has 0 aliphatic carbocycles. The normalized spacial score (nSPS) is 15.4. The van der Waals surface area contributed by atoms with Gasteiger partial charge < -0.3 is 14.3 Å². The Kier molecular flexibility index (Phi) is 2.45. The zero-order valence-corrected chi connectivity index (χ0v) is 9.62. The van der Waals surface area contributed by atoms with E-state index in [1.807, 2.05) is 0 Å². The summed E-state index contributed by atoms with van der Waals surface area (Å²) in [6, 6.07) is 9.82. The number of carbonyl (C=O) groups is 2. The molecular formula is C14H8O5. The molecule has 2 aromatic rings. The second-order valence-corrected chi connectivity index (χ2v) is 3.95. The molecule has 19 heavy (non-hydrogen) atoms. The molecule has 5 nitrogen and oxygen atoms in total. The Labute approximate surface area is 107 Å². The zero-order valence-electron chi connectivity index (χ0n) is 9.62. The van der Waals surface area contributed by atoms with Crippen LogP contribution in [-0.2, 0) is 4.74 Å². The third kappa shape index (κ3) is 1.91. The summed E-state index contributed by atoms with van der Waals surface area (Å²) in [5, 5.41) is 8.76. The molecule has 0 saturated heterocycles. The summed E-state index contributed by atoms with van der Waals surface area (Å²) in [7, 11) is 0. The number of carboxylic acid groups (broad SMARTS) is 1. The summed E-state index contributed by atoms with van der Waals surface area (Å²) in [6.07, 6.45) is 1.50. The van der Waals surface area contributed by atoms with Crippen LogP contribution in [0.4, 0.5) is 0 Å². The van der Waals surface area contributed by atoms with Crippen LogP contribution < -0.4 is 0 Å². The van der Waals surface area contributed by atoms with Gasteiger partial charge in [-0.2, -0.15) is 0 Å². The van der Waals surface area contributed by atoms with Crippen molar-refractivity contribution in [3.05, 3.63) is 59.0 Å². The number of cyclic esters (lactones) is 1. The van der Waals surface area contributed by atoms with Crippen molar-refractivity contribution in [2.45, 2.75) is 0 Å². The number of hydrogen-bond donors (Lipinski definition) is 1. The van der Waals surface area contributed by atoms with E-state index in [9.17, 15) is 9.59 Å². The van der Waals surface area contributed by atoms with Gasteiger partial charge in [0.25, 0.3) is 0 Å². The number of carboxylic acids is 1. The van der Waals surface area contributed by atoms with Crippen molar-refractivity contribution < 1.29 is 23.8 Å². The molecule has 0 fully saturated rings. The molecule has 0 unspecified atom stereocenters. The van der Waals surface area contributed by atoms with Gasteiger partial charge in [-0.15, -0.1) is 0 Å². The lowest BCUT2D eigenvalue weighted by molar-refractivity contribution is 0.0659. The van der Waals surface area contributed by atoms with Crippen LogP contribution in [0.15, 0.2) is 40.8 Å². The van der Waals surface area contributed by atoms with E-state index in [-0.39, 0.29) is 5.76 Å². The fourth-order valence-electron chi connectivity index (χ4n) is 1.87. The fraction of sp³-hybridized carbons (Fsp3) is 0. The lowest BCUT2D eigenvalue weighted by atomic mass is 10.1. The minimum absolute atomic E-state index is 0.163. The van der Waals surface area contributed by atoms with Crippen LogP contribution in [0.2, 0.25) is 0 Å². The molecule has 1 aliphatic heterocycles. The first-order valence-corrected chi connectivity index (χ1v) is 5.51. The quantitative estimate of drug-likeness (QED) is 0.836. The monoisotopic (exact) mass is 256 g/mol. The van der Waals surface area contributed by atoms with E-state index >= 15 is 0 Å². The van der Waals surface area contributed by atoms with Gasteiger partial charge in [0, 0.05) is 11.6 Å². The van der Waals surface area contributed by atoms with Crippen molar-refractivity contribution in [3.8, 4) is 0 Å². The maximum Gasteiger partial charge on any atom is 0.371 e. The standard InChI is InChI=1S/C14H8O5/c15-13(16)11-6-5-8(18-11)7-12-9-3-1-2-4-10(9)14(17)19-12/h1-7H,(H,15,16). The summed E-state index contributed by atoms with van der Waals surface area (Å²) < 4.78 is 10.2. The second kappa shape index (κ2) is 4.13. The smallest absolute Gasteiger partial charge is 0.371 e. The van der Waals surface area contributed by atoms with Gasteiger partial charge in [0.1, 0.15) is 11.5 Å². The largest absolute Gasteiger partial charge is 0.475 e. The Morgan fingerprint density at radius 3 is 2.53 bits per heavy atom. The summed E-state index contributed by atoms with van der Waals surface area (Å²) >= 11 is 0. The van der Waals surface area contributed by atoms with Gasteiger partial charge in [-0.25, -0.2) is 9.59 Å². The molecule has 0 atom stereocenters. The zero-order chi connectivity index (χ0) is 13.4. The number of esters is 1. The predicted octanol–water partition coefficient (Wildman–Crippen LogP) is 2.65. The van der Waals surface area contributed by atoms with Gasteiger partial charge in [0.2, 0.25) is 5.76 Å². The van der Waals surface area contributed by atoms with Crippen LogP contribution in [0.25, 0.3) is 11.8 Å². The topological polar surface area (TPSA) is 76.7 Å². The maximum atomic E-state index is 11.6. The van der Waals surface area contributed by atoms with Crippen LogP contribution in [0.1, 0.15) is 32.2 Å². The van der Waals surface area contributed by atoms with Crippen LogP contribution in [0.5, 0.6) is 0 Å². The number of benzene rings is 1. The first-order valence-electron chi connectivity index (χ1n) is 5.51. The molecule has 5 heteroatoms. The van der Waals surface area contributed by atoms with Crippen molar-refractivity contribution in [2.75, 3.05) is 0 Å². The van der Waals surface area contributed by atoms with Crippen LogP contribution in [-0.4, -0.2) is 17.0 Å². The molecule has 3 rings (SSSR count). The van der Waals surface area contributed by atoms with E-state index in [0.717, 1.165) is 0 Å². The number of furan rings is 1. The summed E-state index contributed by atoms with van der Waals surface area (Å²) in [4.78, 5) is 22.3. The number of fused-ring (bicyclic) bond motifs is 1. The number of carbonyl (C=O) groups excluding carboxylic acids is 1. The highest BCUT2D eigenvalue weighted by Gasteiger charge is 2.26. The highest BCUT2D eigenvalue weighted by atomic mass is 16.5. The van der Waals surface area contributed by atoms with Gasteiger partial charge >= 0.3 is 11.9 Å². The van der Waals surface area contributed by atoms with Crippen LogP contribution in [0, 0.1) is 0 Å². The number of hydrogen-bond acceptors (Lipinski definition) is 4. The first-order chi connectivity index (χ1) is 9.15. The third-order valence-electron chi connectivity index (χ3n) is 2.73. The van der Waals surface area contributed by atoms with Crippen molar-refractivity contribution in [1.29, 1.82) is 0 Å². The van der Waals surface area contributed by atoms with Gasteiger partial charge in [-0.1, -0.05) is 18.2 Å². The molecule has 0 saturated carbocycles. The molecule has 94 valence electrons. The van der Waals surface area contributed by atoms with Gasteiger partial charge in [0.05, 0.1) is 5.56 Å². The lowest BCUT2D eigenvalue weighted by Crippen LogP contribution is -1.92. The van der Waals surface area contributed by atoms with Crippen molar-refractivity contribution >= 4 is 23.8 Å². The van der Waals surface area contributed by atoms with Crippen LogP contribution >= 0.6 is 0 Å². The van der Waals surface area contributed by atoms with Gasteiger partial charge in [0.15, 0.2) is 0 Å². The molecule has 1 N–H and O–H groups in total. The molecule has 1 aromatic heterocycles. The fourth-order valence-corrected chi connectivity index (χ4v) is 1.87. The first kappa shape index (κ1) is 11.3. The Morgan fingerprint density at radius 2 is 1.84 bits per heavy atom. The molecular weight excluding hydrogens is 248 g/mol. The van der Waals surface area contributed by atoms with E-state index in [0.29, 0.717) is 22.6 Å². The number of ether oxygens (including phenoxy) is 1. The van der Waals surface area contributed by atoms with Crippen molar-refractivity contribution in [2.24, 2.45) is 0 Å². The Bertz CT molecular complexity index is 708. The van der Waals surface area contributed by atoms with E-state index in [2.05, 4.69) is 0 Å². The number of rotatable bonds is 2. The minimum Gasteiger partial charge on any atom is -0.475 e. The highest BCUT2D eigenvalue weighted by molar-refractivity contribution is 6.05. The summed E-state index contributed by atoms with van der Waals surface area (Å²) in [5.41, 5.74) is 1.15. The maximum absolute atomic E-state index is 11.6.